The Balaban J connectivity index is 2.10. The summed E-state index contributed by atoms with van der Waals surface area (Å²) < 4.78 is 10.2. The number of phenols is 2. The van der Waals surface area contributed by atoms with Gasteiger partial charge in [0, 0.05) is 11.1 Å². The van der Waals surface area contributed by atoms with Crippen molar-refractivity contribution in [3.05, 3.63) is 47.5 Å². The Morgan fingerprint density at radius 1 is 1.13 bits per heavy atom. The van der Waals surface area contributed by atoms with Crippen LogP contribution in [-0.4, -0.2) is 36.6 Å². The molecule has 23 heavy (non-hydrogen) atoms. The van der Waals surface area contributed by atoms with Gasteiger partial charge in [0.2, 0.25) is 0 Å². The Bertz CT molecular complexity index is 743. The Labute approximate surface area is 132 Å². The molecule has 0 aliphatic heterocycles. The van der Waals surface area contributed by atoms with Crippen LogP contribution >= 0.6 is 0 Å². The standard InChI is InChI=1S/C16H16N2O5/c1-22-13-7-6-10(8-14(13)23-2)16(21)18-17-9-11-4-3-5-12(19)15(11)20/h3-9,19-20H,1-2H3,(H,18,21). The van der Waals surface area contributed by atoms with Crippen LogP contribution in [0.15, 0.2) is 41.5 Å². The lowest BCUT2D eigenvalue weighted by Gasteiger charge is -2.08. The molecule has 0 aliphatic carbocycles. The minimum Gasteiger partial charge on any atom is -0.504 e. The average Bonchev–Trinajstić information content (AvgIpc) is 2.57. The summed E-state index contributed by atoms with van der Waals surface area (Å²) in [6.07, 6.45) is 1.23. The maximum Gasteiger partial charge on any atom is 0.271 e. The van der Waals surface area contributed by atoms with Crippen molar-refractivity contribution >= 4 is 12.1 Å². The summed E-state index contributed by atoms with van der Waals surface area (Å²) in [6, 6.07) is 9.13. The van der Waals surface area contributed by atoms with Gasteiger partial charge in [0.05, 0.1) is 20.4 Å². The fourth-order valence-electron chi connectivity index (χ4n) is 1.86. The number of carbonyl (C=O) groups is 1. The van der Waals surface area contributed by atoms with Crippen molar-refractivity contribution in [2.45, 2.75) is 0 Å². The van der Waals surface area contributed by atoms with Gasteiger partial charge in [0.25, 0.3) is 5.91 Å². The van der Waals surface area contributed by atoms with E-state index in [1.54, 1.807) is 24.3 Å². The zero-order valence-corrected chi connectivity index (χ0v) is 12.6. The van der Waals surface area contributed by atoms with Crippen LogP contribution in [0.5, 0.6) is 23.0 Å². The first-order chi connectivity index (χ1) is 11.1. The molecule has 1 amide bonds. The monoisotopic (exact) mass is 316 g/mol. The first-order valence-corrected chi connectivity index (χ1v) is 6.63. The first-order valence-electron chi connectivity index (χ1n) is 6.63. The smallest absolute Gasteiger partial charge is 0.271 e. The molecule has 2 aromatic rings. The number of phenolic OH excluding ortho intramolecular Hbond substituents is 2. The van der Waals surface area contributed by atoms with Crippen molar-refractivity contribution < 1.29 is 24.5 Å². The minimum atomic E-state index is -0.457. The Kier molecular flexibility index (Phi) is 5.03. The Morgan fingerprint density at radius 3 is 2.57 bits per heavy atom. The van der Waals surface area contributed by atoms with Crippen molar-refractivity contribution in [2.24, 2.45) is 5.10 Å². The molecule has 0 bridgehead atoms. The fourth-order valence-corrected chi connectivity index (χ4v) is 1.86. The number of rotatable bonds is 5. The van der Waals surface area contributed by atoms with E-state index in [0.717, 1.165) is 0 Å². The van der Waals surface area contributed by atoms with Crippen LogP contribution in [0.25, 0.3) is 0 Å². The predicted octanol–water partition coefficient (Wildman–Crippen LogP) is 1.88. The van der Waals surface area contributed by atoms with Crippen molar-refractivity contribution in [1.82, 2.24) is 5.43 Å². The maximum atomic E-state index is 12.0. The van der Waals surface area contributed by atoms with E-state index in [-0.39, 0.29) is 17.1 Å². The van der Waals surface area contributed by atoms with Gasteiger partial charge in [-0.3, -0.25) is 4.79 Å². The molecule has 0 saturated carbocycles. The van der Waals surface area contributed by atoms with Crippen LogP contribution in [0.1, 0.15) is 15.9 Å². The van der Waals surface area contributed by atoms with E-state index in [0.29, 0.717) is 17.1 Å². The lowest BCUT2D eigenvalue weighted by Crippen LogP contribution is -2.17. The summed E-state index contributed by atoms with van der Waals surface area (Å²) in [5, 5.41) is 22.7. The molecule has 0 radical (unpaired) electrons. The molecule has 0 spiro atoms. The number of aromatic hydroxyl groups is 2. The Hall–Kier alpha value is -3.22. The number of hydrazone groups is 1. The molecule has 7 nitrogen and oxygen atoms in total. The van der Waals surface area contributed by atoms with Crippen LogP contribution in [0.2, 0.25) is 0 Å². The van der Waals surface area contributed by atoms with Gasteiger partial charge in [0.1, 0.15) is 0 Å². The second-order valence-corrected chi connectivity index (χ2v) is 4.48. The number of benzene rings is 2. The molecule has 0 aromatic heterocycles. The van der Waals surface area contributed by atoms with Crippen LogP contribution in [0.3, 0.4) is 0 Å². The number of hydrogen-bond acceptors (Lipinski definition) is 6. The topological polar surface area (TPSA) is 100 Å². The summed E-state index contributed by atoms with van der Waals surface area (Å²) >= 11 is 0. The van der Waals surface area contributed by atoms with Crippen LogP contribution < -0.4 is 14.9 Å². The largest absolute Gasteiger partial charge is 0.504 e. The predicted molar refractivity (Wildman–Crippen MR) is 84.4 cm³/mol. The highest BCUT2D eigenvalue weighted by molar-refractivity contribution is 5.95. The summed E-state index contributed by atoms with van der Waals surface area (Å²) in [6.45, 7) is 0. The fraction of sp³-hybridized carbons (Fsp3) is 0.125. The van der Waals surface area contributed by atoms with Gasteiger partial charge >= 0.3 is 0 Å². The van der Waals surface area contributed by atoms with Gasteiger partial charge in [0.15, 0.2) is 23.0 Å². The lowest BCUT2D eigenvalue weighted by molar-refractivity contribution is 0.0954. The van der Waals surface area contributed by atoms with Gasteiger partial charge in [-0.2, -0.15) is 5.10 Å². The number of carbonyl (C=O) groups excluding carboxylic acids is 1. The van der Waals surface area contributed by atoms with Crippen molar-refractivity contribution in [1.29, 1.82) is 0 Å². The van der Waals surface area contributed by atoms with E-state index in [2.05, 4.69) is 10.5 Å². The molecule has 0 heterocycles. The highest BCUT2D eigenvalue weighted by Gasteiger charge is 2.10. The molecule has 0 atom stereocenters. The molecule has 3 N–H and O–H groups in total. The van der Waals surface area contributed by atoms with Crippen LogP contribution in [0, 0.1) is 0 Å². The summed E-state index contributed by atoms with van der Waals surface area (Å²) in [4.78, 5) is 12.0. The highest BCUT2D eigenvalue weighted by Crippen LogP contribution is 2.28. The van der Waals surface area contributed by atoms with Gasteiger partial charge in [-0.05, 0) is 30.3 Å². The van der Waals surface area contributed by atoms with Gasteiger partial charge in [-0.1, -0.05) is 6.07 Å². The number of methoxy groups -OCH3 is 2. The van der Waals surface area contributed by atoms with Crippen LogP contribution in [-0.2, 0) is 0 Å². The third-order valence-electron chi connectivity index (χ3n) is 3.06. The molecule has 0 saturated heterocycles. The first kappa shape index (κ1) is 16.2. The second kappa shape index (κ2) is 7.17. The van der Waals surface area contributed by atoms with Crippen LogP contribution in [0.4, 0.5) is 0 Å². The lowest BCUT2D eigenvalue weighted by atomic mass is 10.2. The number of nitrogens with zero attached hydrogens (tertiary/aromatic N) is 1. The molecule has 2 aromatic carbocycles. The van der Waals surface area contributed by atoms with Gasteiger partial charge < -0.3 is 19.7 Å². The zero-order valence-electron chi connectivity index (χ0n) is 12.6. The van der Waals surface area contributed by atoms with Gasteiger partial charge in [-0.25, -0.2) is 5.43 Å². The molecule has 0 aliphatic rings. The van der Waals surface area contributed by atoms with Crippen molar-refractivity contribution in [3.8, 4) is 23.0 Å². The average molecular weight is 316 g/mol. The summed E-state index contributed by atoms with van der Waals surface area (Å²) in [7, 11) is 2.98. The van der Waals surface area contributed by atoms with E-state index in [1.807, 2.05) is 0 Å². The number of nitrogens with one attached hydrogen (secondary N) is 1. The summed E-state index contributed by atoms with van der Waals surface area (Å²) in [5.41, 5.74) is 2.93. The summed E-state index contributed by atoms with van der Waals surface area (Å²) in [5.74, 6) is -0.0920. The second-order valence-electron chi connectivity index (χ2n) is 4.48. The SMILES string of the molecule is COc1ccc(C(=O)NN=Cc2cccc(O)c2O)cc1OC. The van der Waals surface area contributed by atoms with E-state index >= 15 is 0 Å². The number of para-hydroxylation sites is 1. The Morgan fingerprint density at radius 2 is 1.87 bits per heavy atom. The zero-order chi connectivity index (χ0) is 16.8. The maximum absolute atomic E-state index is 12.0. The third-order valence-corrected chi connectivity index (χ3v) is 3.06. The van der Waals surface area contributed by atoms with E-state index in [9.17, 15) is 15.0 Å². The molecule has 2 rings (SSSR count). The van der Waals surface area contributed by atoms with E-state index in [4.69, 9.17) is 9.47 Å². The minimum absolute atomic E-state index is 0.264. The quantitative estimate of drug-likeness (QED) is 0.444. The third kappa shape index (κ3) is 3.70. The van der Waals surface area contributed by atoms with Gasteiger partial charge in [-0.15, -0.1) is 0 Å². The van der Waals surface area contributed by atoms with E-state index < -0.39 is 5.91 Å². The molecular formula is C16H16N2O5. The number of hydrogen-bond donors (Lipinski definition) is 3. The molecule has 0 unspecified atom stereocenters. The number of ether oxygens (including phenoxy) is 2. The number of amides is 1. The molecule has 0 fully saturated rings. The normalized spacial score (nSPS) is 10.5. The van der Waals surface area contributed by atoms with Crippen molar-refractivity contribution in [2.75, 3.05) is 14.2 Å². The molecular weight excluding hydrogens is 300 g/mol. The van der Waals surface area contributed by atoms with Crippen molar-refractivity contribution in [3.63, 3.8) is 0 Å². The highest BCUT2D eigenvalue weighted by atomic mass is 16.5. The molecule has 120 valence electrons. The molecule has 7 heteroatoms. The van der Waals surface area contributed by atoms with E-state index in [1.165, 1.54) is 32.6 Å².